The van der Waals surface area contributed by atoms with Gasteiger partial charge in [0.25, 0.3) is 5.56 Å². The Morgan fingerprint density at radius 2 is 2.19 bits per heavy atom. The molecule has 21 heavy (non-hydrogen) atoms. The Labute approximate surface area is 123 Å². The Hall–Kier alpha value is -2.61. The first-order valence-corrected chi connectivity index (χ1v) is 7.06. The second kappa shape index (κ2) is 5.41. The van der Waals surface area contributed by atoms with Gasteiger partial charge in [0, 0.05) is 5.38 Å². The van der Waals surface area contributed by atoms with Crippen LogP contribution in [-0.2, 0) is 11.3 Å². The van der Waals surface area contributed by atoms with Gasteiger partial charge in [0.15, 0.2) is 5.13 Å². The van der Waals surface area contributed by atoms with Crippen molar-refractivity contribution < 1.29 is 4.79 Å². The molecule has 8 heteroatoms. The van der Waals surface area contributed by atoms with Gasteiger partial charge in [-0.15, -0.1) is 16.4 Å². The number of fused-ring (bicyclic) bond motifs is 1. The highest BCUT2D eigenvalue weighted by Crippen LogP contribution is 2.14. The number of hydrogen-bond donors (Lipinski definition) is 1. The van der Waals surface area contributed by atoms with Crippen molar-refractivity contribution in [2.45, 2.75) is 13.5 Å². The molecule has 3 aromatic rings. The molecule has 0 aliphatic rings. The van der Waals surface area contributed by atoms with Gasteiger partial charge in [-0.05, 0) is 19.1 Å². The smallest absolute Gasteiger partial charge is 0.278 e. The second-order valence-electron chi connectivity index (χ2n) is 4.41. The molecule has 1 aromatic carbocycles. The minimum Gasteiger partial charge on any atom is -0.300 e. The molecule has 1 N–H and O–H groups in total. The van der Waals surface area contributed by atoms with Gasteiger partial charge >= 0.3 is 0 Å². The van der Waals surface area contributed by atoms with Crippen LogP contribution < -0.4 is 10.9 Å². The van der Waals surface area contributed by atoms with Gasteiger partial charge in [-0.3, -0.25) is 9.59 Å². The number of rotatable bonds is 3. The SMILES string of the molecule is Cc1csc(NC(=O)Cn2nnc3ccccc3c2=O)n1. The lowest BCUT2D eigenvalue weighted by atomic mass is 10.2. The van der Waals surface area contributed by atoms with Crippen LogP contribution in [0.15, 0.2) is 34.4 Å². The summed E-state index contributed by atoms with van der Waals surface area (Å²) in [6, 6.07) is 6.88. The van der Waals surface area contributed by atoms with Crippen LogP contribution >= 0.6 is 11.3 Å². The van der Waals surface area contributed by atoms with E-state index in [1.54, 1.807) is 24.3 Å². The van der Waals surface area contributed by atoms with E-state index in [2.05, 4.69) is 20.6 Å². The molecule has 2 heterocycles. The monoisotopic (exact) mass is 301 g/mol. The molecule has 0 bridgehead atoms. The summed E-state index contributed by atoms with van der Waals surface area (Å²) >= 11 is 1.33. The number of amides is 1. The summed E-state index contributed by atoms with van der Waals surface area (Å²) in [5, 5.41) is 13.1. The highest BCUT2D eigenvalue weighted by atomic mass is 32.1. The normalized spacial score (nSPS) is 10.7. The number of thiazole rings is 1. The highest BCUT2D eigenvalue weighted by molar-refractivity contribution is 7.13. The fourth-order valence-corrected chi connectivity index (χ4v) is 2.54. The molecule has 106 valence electrons. The summed E-state index contributed by atoms with van der Waals surface area (Å²) in [6.45, 7) is 1.64. The minimum atomic E-state index is -0.365. The maximum atomic E-state index is 12.2. The maximum absolute atomic E-state index is 12.2. The summed E-state index contributed by atoms with van der Waals surface area (Å²) < 4.78 is 1.04. The van der Waals surface area contributed by atoms with Gasteiger partial charge in [0.1, 0.15) is 12.1 Å². The summed E-state index contributed by atoms with van der Waals surface area (Å²) in [7, 11) is 0. The van der Waals surface area contributed by atoms with Crippen molar-refractivity contribution in [2.24, 2.45) is 0 Å². The largest absolute Gasteiger partial charge is 0.300 e. The van der Waals surface area contributed by atoms with E-state index < -0.39 is 0 Å². The van der Waals surface area contributed by atoms with Crippen LogP contribution in [0.5, 0.6) is 0 Å². The van der Waals surface area contributed by atoms with E-state index in [4.69, 9.17) is 0 Å². The van der Waals surface area contributed by atoms with E-state index in [1.165, 1.54) is 11.3 Å². The molecule has 0 aliphatic heterocycles. The number of carbonyl (C=O) groups is 1. The second-order valence-corrected chi connectivity index (χ2v) is 5.27. The van der Waals surface area contributed by atoms with Crippen LogP contribution in [0.25, 0.3) is 10.9 Å². The van der Waals surface area contributed by atoms with E-state index in [9.17, 15) is 9.59 Å². The number of anilines is 1. The zero-order valence-electron chi connectivity index (χ0n) is 11.1. The Morgan fingerprint density at radius 3 is 2.95 bits per heavy atom. The number of benzene rings is 1. The van der Waals surface area contributed by atoms with Crippen molar-refractivity contribution in [2.75, 3.05) is 5.32 Å². The van der Waals surface area contributed by atoms with Crippen LogP contribution in [-0.4, -0.2) is 25.9 Å². The van der Waals surface area contributed by atoms with Crippen LogP contribution in [0.3, 0.4) is 0 Å². The quantitative estimate of drug-likeness (QED) is 0.785. The number of aromatic nitrogens is 4. The zero-order valence-corrected chi connectivity index (χ0v) is 11.9. The topological polar surface area (TPSA) is 89.8 Å². The molecular formula is C13H11N5O2S. The fourth-order valence-electron chi connectivity index (χ4n) is 1.83. The Balaban J connectivity index is 1.83. The third-order valence-electron chi connectivity index (χ3n) is 2.79. The van der Waals surface area contributed by atoms with Gasteiger partial charge in [0.05, 0.1) is 11.1 Å². The molecule has 0 aliphatic carbocycles. The molecule has 0 saturated carbocycles. The number of nitrogens with zero attached hydrogens (tertiary/aromatic N) is 4. The molecule has 0 spiro atoms. The van der Waals surface area contributed by atoms with Crippen LogP contribution in [0.4, 0.5) is 5.13 Å². The Kier molecular flexibility index (Phi) is 3.44. The average Bonchev–Trinajstić information content (AvgIpc) is 2.87. The molecule has 1 amide bonds. The maximum Gasteiger partial charge on any atom is 0.278 e. The number of hydrogen-bond acceptors (Lipinski definition) is 6. The van der Waals surface area contributed by atoms with Crippen molar-refractivity contribution in [3.8, 4) is 0 Å². The van der Waals surface area contributed by atoms with E-state index >= 15 is 0 Å². The van der Waals surface area contributed by atoms with Gasteiger partial charge < -0.3 is 5.32 Å². The van der Waals surface area contributed by atoms with Crippen molar-refractivity contribution in [3.05, 3.63) is 45.7 Å². The standard InChI is InChI=1S/C13H11N5O2S/c1-8-7-21-13(14-8)15-11(19)6-18-12(20)9-4-2-3-5-10(9)16-17-18/h2-5,7H,6H2,1H3,(H,14,15,19). The predicted octanol–water partition coefficient (Wildman–Crippen LogP) is 1.20. The summed E-state index contributed by atoms with van der Waals surface area (Å²) in [6.07, 6.45) is 0. The minimum absolute atomic E-state index is 0.199. The van der Waals surface area contributed by atoms with E-state index in [0.717, 1.165) is 10.4 Å². The number of nitrogens with one attached hydrogen (secondary N) is 1. The Morgan fingerprint density at radius 1 is 1.38 bits per heavy atom. The molecule has 2 aromatic heterocycles. The van der Waals surface area contributed by atoms with E-state index in [1.807, 2.05) is 12.3 Å². The predicted molar refractivity (Wildman–Crippen MR) is 79.3 cm³/mol. The first-order chi connectivity index (χ1) is 10.1. The number of aryl methyl sites for hydroxylation is 1. The highest BCUT2D eigenvalue weighted by Gasteiger charge is 2.10. The molecule has 0 fully saturated rings. The summed E-state index contributed by atoms with van der Waals surface area (Å²) in [5.41, 5.74) is 0.999. The van der Waals surface area contributed by atoms with Gasteiger partial charge in [-0.1, -0.05) is 17.3 Å². The van der Waals surface area contributed by atoms with Crippen molar-refractivity contribution in [3.63, 3.8) is 0 Å². The molecular weight excluding hydrogens is 290 g/mol. The third-order valence-corrected chi connectivity index (χ3v) is 3.66. The average molecular weight is 301 g/mol. The van der Waals surface area contributed by atoms with Crippen molar-refractivity contribution in [1.82, 2.24) is 20.0 Å². The molecule has 3 rings (SSSR count). The Bertz CT molecular complexity index is 870. The number of carbonyl (C=O) groups excluding carboxylic acids is 1. The van der Waals surface area contributed by atoms with Crippen LogP contribution in [0.2, 0.25) is 0 Å². The summed E-state index contributed by atoms with van der Waals surface area (Å²) in [4.78, 5) is 28.2. The summed E-state index contributed by atoms with van der Waals surface area (Å²) in [5.74, 6) is -0.365. The van der Waals surface area contributed by atoms with Gasteiger partial charge in [-0.2, -0.15) is 0 Å². The lowest BCUT2D eigenvalue weighted by molar-refractivity contribution is -0.117. The van der Waals surface area contributed by atoms with E-state index in [0.29, 0.717) is 16.0 Å². The molecule has 0 saturated heterocycles. The van der Waals surface area contributed by atoms with Crippen LogP contribution in [0, 0.1) is 6.92 Å². The lowest BCUT2D eigenvalue weighted by Crippen LogP contribution is -2.30. The van der Waals surface area contributed by atoms with Gasteiger partial charge in [-0.25, -0.2) is 9.67 Å². The molecule has 7 nitrogen and oxygen atoms in total. The molecule has 0 unspecified atom stereocenters. The van der Waals surface area contributed by atoms with E-state index in [-0.39, 0.29) is 18.0 Å². The van der Waals surface area contributed by atoms with Crippen molar-refractivity contribution >= 4 is 33.3 Å². The fraction of sp³-hybridized carbons (Fsp3) is 0.154. The third kappa shape index (κ3) is 2.79. The lowest BCUT2D eigenvalue weighted by Gasteiger charge is -2.04. The molecule has 0 radical (unpaired) electrons. The zero-order chi connectivity index (χ0) is 14.8. The molecule has 0 atom stereocenters. The first kappa shape index (κ1) is 13.4. The van der Waals surface area contributed by atoms with Crippen molar-refractivity contribution in [1.29, 1.82) is 0 Å². The van der Waals surface area contributed by atoms with Crippen LogP contribution in [0.1, 0.15) is 5.69 Å². The van der Waals surface area contributed by atoms with Gasteiger partial charge in [0.2, 0.25) is 5.91 Å². The first-order valence-electron chi connectivity index (χ1n) is 6.18.